The minimum atomic E-state index is -1.08. The Morgan fingerprint density at radius 1 is 0.688 bits per heavy atom. The Kier molecular flexibility index (Phi) is 5.69. The first-order chi connectivity index (χ1) is 15.4. The molecule has 4 aromatic carbocycles. The summed E-state index contributed by atoms with van der Waals surface area (Å²) < 4.78 is 11.6. The van der Waals surface area contributed by atoms with E-state index in [0.29, 0.717) is 22.6 Å². The molecule has 0 bridgehead atoms. The summed E-state index contributed by atoms with van der Waals surface area (Å²) in [4.78, 5) is 22.6. The van der Waals surface area contributed by atoms with Crippen LogP contribution in [0.3, 0.4) is 0 Å². The lowest BCUT2D eigenvalue weighted by atomic mass is 9.89. The minimum absolute atomic E-state index is 0.432. The predicted molar refractivity (Wildman–Crippen MR) is 123 cm³/mol. The van der Waals surface area contributed by atoms with Crippen LogP contribution in [0.1, 0.15) is 11.1 Å². The van der Waals surface area contributed by atoms with E-state index in [1.165, 1.54) is 0 Å². The molecule has 6 nitrogen and oxygen atoms in total. The lowest BCUT2D eigenvalue weighted by molar-refractivity contribution is -0.140. The van der Waals surface area contributed by atoms with Crippen LogP contribution in [0.15, 0.2) is 60.7 Å². The molecule has 0 atom stereocenters. The predicted octanol–water partition coefficient (Wildman–Crippen LogP) is 5.20. The van der Waals surface area contributed by atoms with Gasteiger partial charge in [0.2, 0.25) is 0 Å². The Balaban J connectivity index is 2.14. The van der Waals surface area contributed by atoms with Gasteiger partial charge < -0.3 is 19.7 Å². The highest BCUT2D eigenvalue weighted by Crippen LogP contribution is 2.48. The normalized spacial score (nSPS) is 10.9. The number of benzene rings is 4. The lowest BCUT2D eigenvalue weighted by Gasteiger charge is -2.22. The van der Waals surface area contributed by atoms with Gasteiger partial charge >= 0.3 is 11.9 Å². The van der Waals surface area contributed by atoms with Crippen molar-refractivity contribution in [1.29, 1.82) is 0 Å². The molecule has 0 saturated heterocycles. The van der Waals surface area contributed by atoms with Crippen LogP contribution in [0.2, 0.25) is 0 Å². The van der Waals surface area contributed by atoms with Crippen molar-refractivity contribution >= 4 is 33.5 Å². The molecule has 0 spiro atoms. The average Bonchev–Trinajstić information content (AvgIpc) is 2.75. The summed E-state index contributed by atoms with van der Waals surface area (Å²) in [5.41, 5.74) is 2.91. The fourth-order valence-corrected chi connectivity index (χ4v) is 4.07. The second kappa shape index (κ2) is 8.59. The molecule has 32 heavy (non-hydrogen) atoms. The molecule has 0 aromatic heterocycles. The van der Waals surface area contributed by atoms with Crippen molar-refractivity contribution in [2.24, 2.45) is 0 Å². The fourth-order valence-electron chi connectivity index (χ4n) is 4.07. The molecule has 0 amide bonds. The Morgan fingerprint density at radius 2 is 1.06 bits per heavy atom. The summed E-state index contributed by atoms with van der Waals surface area (Å²) in [6, 6.07) is 19.4. The molecule has 0 heterocycles. The molecule has 2 N–H and O–H groups in total. The van der Waals surface area contributed by atoms with Gasteiger partial charge in [-0.05, 0) is 58.7 Å². The van der Waals surface area contributed by atoms with E-state index < -0.39 is 25.2 Å². The lowest BCUT2D eigenvalue weighted by Crippen LogP contribution is -2.12. The van der Waals surface area contributed by atoms with Crippen molar-refractivity contribution in [2.45, 2.75) is 13.8 Å². The van der Waals surface area contributed by atoms with Crippen molar-refractivity contribution in [3.05, 3.63) is 71.8 Å². The summed E-state index contributed by atoms with van der Waals surface area (Å²) in [5.74, 6) is -1.30. The van der Waals surface area contributed by atoms with E-state index in [4.69, 9.17) is 9.47 Å². The maximum Gasteiger partial charge on any atom is 0.341 e. The monoisotopic (exact) mass is 430 g/mol. The van der Waals surface area contributed by atoms with Gasteiger partial charge in [-0.2, -0.15) is 0 Å². The number of fused-ring (bicyclic) bond motifs is 2. The van der Waals surface area contributed by atoms with Gasteiger partial charge in [0.25, 0.3) is 0 Å². The van der Waals surface area contributed by atoms with Crippen LogP contribution >= 0.6 is 0 Å². The van der Waals surface area contributed by atoms with E-state index in [2.05, 4.69) is 0 Å². The Labute approximate surface area is 184 Å². The van der Waals surface area contributed by atoms with Crippen LogP contribution in [0.4, 0.5) is 0 Å². The number of hydrogen-bond donors (Lipinski definition) is 2. The number of aryl methyl sites for hydroxylation is 2. The summed E-state index contributed by atoms with van der Waals surface area (Å²) in [5, 5.41) is 22.1. The zero-order valence-electron chi connectivity index (χ0n) is 17.7. The first kappa shape index (κ1) is 21.2. The van der Waals surface area contributed by atoms with E-state index in [0.717, 1.165) is 32.7 Å². The zero-order chi connectivity index (χ0) is 22.8. The highest BCUT2D eigenvalue weighted by Gasteiger charge is 2.23. The van der Waals surface area contributed by atoms with Crippen LogP contribution in [0.5, 0.6) is 11.5 Å². The van der Waals surface area contributed by atoms with E-state index in [9.17, 15) is 19.8 Å². The van der Waals surface area contributed by atoms with Crippen LogP contribution in [-0.2, 0) is 9.59 Å². The summed E-state index contributed by atoms with van der Waals surface area (Å²) in [6.45, 7) is 2.73. The Morgan fingerprint density at radius 3 is 1.44 bits per heavy atom. The molecule has 0 fully saturated rings. The fraction of sp³-hybridized carbons (Fsp3) is 0.154. The summed E-state index contributed by atoms with van der Waals surface area (Å²) >= 11 is 0. The maximum absolute atomic E-state index is 11.3. The van der Waals surface area contributed by atoms with Gasteiger partial charge in [-0.3, -0.25) is 0 Å². The van der Waals surface area contributed by atoms with Gasteiger partial charge in [-0.25, -0.2) is 9.59 Å². The third-order valence-electron chi connectivity index (χ3n) is 5.30. The van der Waals surface area contributed by atoms with Gasteiger partial charge in [0.1, 0.15) is 11.5 Å². The topological polar surface area (TPSA) is 93.1 Å². The number of ether oxygens (including phenoxy) is 2. The van der Waals surface area contributed by atoms with Crippen LogP contribution in [-0.4, -0.2) is 35.4 Å². The molecule has 162 valence electrons. The smallest absolute Gasteiger partial charge is 0.341 e. The molecule has 0 radical (unpaired) electrons. The van der Waals surface area contributed by atoms with Gasteiger partial charge in [0, 0.05) is 11.1 Å². The van der Waals surface area contributed by atoms with Crippen LogP contribution < -0.4 is 9.47 Å². The van der Waals surface area contributed by atoms with E-state index >= 15 is 0 Å². The third kappa shape index (κ3) is 3.95. The van der Waals surface area contributed by atoms with E-state index in [1.807, 2.05) is 74.5 Å². The number of carbonyl (C=O) groups is 2. The molecule has 4 aromatic rings. The summed E-state index contributed by atoms with van der Waals surface area (Å²) in [6.07, 6.45) is 0. The van der Waals surface area contributed by atoms with Gasteiger partial charge in [0.05, 0.1) is 0 Å². The van der Waals surface area contributed by atoms with E-state index in [-0.39, 0.29) is 0 Å². The van der Waals surface area contributed by atoms with Crippen molar-refractivity contribution in [3.8, 4) is 22.6 Å². The summed E-state index contributed by atoms with van der Waals surface area (Å²) in [7, 11) is 0. The Hall–Kier alpha value is -4.06. The number of rotatable bonds is 7. The van der Waals surface area contributed by atoms with Crippen molar-refractivity contribution in [3.63, 3.8) is 0 Å². The van der Waals surface area contributed by atoms with Gasteiger partial charge in [0.15, 0.2) is 13.2 Å². The molecule has 4 rings (SSSR count). The van der Waals surface area contributed by atoms with Crippen LogP contribution in [0, 0.1) is 13.8 Å². The SMILES string of the molecule is Cc1cc2ccccc2c(-c2c(OCC(=O)O)c(C)cc3ccccc23)c1OCC(=O)O. The van der Waals surface area contributed by atoms with Crippen molar-refractivity contribution in [2.75, 3.05) is 13.2 Å². The number of aliphatic carboxylic acids is 2. The molecule has 0 saturated carbocycles. The third-order valence-corrected chi connectivity index (χ3v) is 5.30. The largest absolute Gasteiger partial charge is 0.481 e. The quantitative estimate of drug-likeness (QED) is 0.418. The van der Waals surface area contributed by atoms with Gasteiger partial charge in [-0.15, -0.1) is 0 Å². The van der Waals surface area contributed by atoms with E-state index in [1.54, 1.807) is 0 Å². The minimum Gasteiger partial charge on any atom is -0.481 e. The second-order valence-corrected chi connectivity index (χ2v) is 7.60. The molecule has 6 heteroatoms. The molecule has 0 aliphatic carbocycles. The first-order valence-corrected chi connectivity index (χ1v) is 10.1. The molecule has 0 aliphatic heterocycles. The van der Waals surface area contributed by atoms with Gasteiger partial charge in [-0.1, -0.05) is 48.5 Å². The number of carboxylic acid groups (broad SMARTS) is 2. The van der Waals surface area contributed by atoms with Crippen molar-refractivity contribution < 1.29 is 29.3 Å². The van der Waals surface area contributed by atoms with Crippen LogP contribution in [0.25, 0.3) is 32.7 Å². The average molecular weight is 430 g/mol. The molecule has 0 aliphatic rings. The first-order valence-electron chi connectivity index (χ1n) is 10.1. The Bertz CT molecular complexity index is 1250. The second-order valence-electron chi connectivity index (χ2n) is 7.60. The molecular weight excluding hydrogens is 408 g/mol. The maximum atomic E-state index is 11.3. The zero-order valence-corrected chi connectivity index (χ0v) is 17.7. The molecule has 0 unspecified atom stereocenters. The highest BCUT2D eigenvalue weighted by atomic mass is 16.5. The standard InChI is InChI=1S/C26H22O6/c1-15-11-17-7-3-5-9-19(17)23(25(15)31-13-21(27)28)24-20-10-6-4-8-18(20)12-16(2)26(24)32-14-22(29)30/h3-12H,13-14H2,1-2H3,(H,27,28)(H,29,30). The number of carboxylic acids is 2. The highest BCUT2D eigenvalue weighted by molar-refractivity contribution is 6.10. The van der Waals surface area contributed by atoms with Crippen molar-refractivity contribution in [1.82, 2.24) is 0 Å². The molecular formula is C26H22O6. The number of hydrogen-bond acceptors (Lipinski definition) is 4.